The van der Waals surface area contributed by atoms with E-state index in [1.165, 1.54) is 35.0 Å². The number of anilines is 1. The van der Waals surface area contributed by atoms with Crippen molar-refractivity contribution in [3.8, 4) is 5.69 Å². The largest absolute Gasteiger partial charge is 0.322 e. The van der Waals surface area contributed by atoms with Gasteiger partial charge in [0.25, 0.3) is 5.91 Å². The Morgan fingerprint density at radius 1 is 1.10 bits per heavy atom. The molecule has 150 valence electrons. The van der Waals surface area contributed by atoms with Crippen LogP contribution in [0.15, 0.2) is 55.1 Å². The topological polar surface area (TPSA) is 46.9 Å². The van der Waals surface area contributed by atoms with Gasteiger partial charge >= 0.3 is 5.92 Å². The molecule has 0 unspecified atom stereocenters. The van der Waals surface area contributed by atoms with E-state index >= 15 is 0 Å². The number of benzene rings is 2. The van der Waals surface area contributed by atoms with Crippen LogP contribution in [0.5, 0.6) is 0 Å². The molecule has 3 aromatic rings. The minimum absolute atomic E-state index is 0.184. The van der Waals surface area contributed by atoms with Crippen LogP contribution in [0, 0.1) is 24.4 Å². The lowest BCUT2D eigenvalue weighted by Crippen LogP contribution is -2.16. The van der Waals surface area contributed by atoms with Crippen LogP contribution in [0.1, 0.15) is 21.7 Å². The zero-order chi connectivity index (χ0) is 21.3. The Morgan fingerprint density at radius 3 is 2.24 bits per heavy atom. The molecule has 1 heterocycles. The summed E-state index contributed by atoms with van der Waals surface area (Å²) >= 11 is 0. The zero-order valence-corrected chi connectivity index (χ0v) is 15.0. The molecule has 0 saturated carbocycles. The fourth-order valence-electron chi connectivity index (χ4n) is 2.64. The van der Waals surface area contributed by atoms with Crippen molar-refractivity contribution >= 4 is 11.6 Å². The van der Waals surface area contributed by atoms with Gasteiger partial charge in [-0.3, -0.25) is 4.79 Å². The van der Waals surface area contributed by atoms with E-state index in [2.05, 4.69) is 17.0 Å². The van der Waals surface area contributed by atoms with Crippen LogP contribution >= 0.6 is 0 Å². The van der Waals surface area contributed by atoms with Gasteiger partial charge in [0.05, 0.1) is 5.69 Å². The predicted molar refractivity (Wildman–Crippen MR) is 96.7 cm³/mol. The van der Waals surface area contributed by atoms with Crippen LogP contribution in [0.3, 0.4) is 0 Å². The lowest BCUT2D eigenvalue weighted by atomic mass is 10.1. The van der Waals surface area contributed by atoms with E-state index in [1.807, 2.05) is 0 Å². The maximum absolute atomic E-state index is 13.7. The highest BCUT2D eigenvalue weighted by Gasteiger charge is 2.31. The second-order valence-corrected chi connectivity index (χ2v) is 6.16. The van der Waals surface area contributed by atoms with Crippen molar-refractivity contribution in [1.29, 1.82) is 0 Å². The first-order valence-electron chi connectivity index (χ1n) is 8.27. The third kappa shape index (κ3) is 4.03. The number of nitrogens with one attached hydrogen (secondary N) is 1. The summed E-state index contributed by atoms with van der Waals surface area (Å²) in [4.78, 5) is 12.1. The smallest absolute Gasteiger partial charge is 0.309 e. The molecule has 0 aliphatic heterocycles. The average Bonchev–Trinajstić information content (AvgIpc) is 3.04. The number of halogens is 5. The maximum atomic E-state index is 13.7. The van der Waals surface area contributed by atoms with Gasteiger partial charge in [-0.05, 0) is 43.3 Å². The fourth-order valence-corrected chi connectivity index (χ4v) is 2.64. The molecular weight excluding hydrogens is 393 g/mol. The van der Waals surface area contributed by atoms with Gasteiger partial charge in [0, 0.05) is 23.5 Å². The zero-order valence-electron chi connectivity index (χ0n) is 15.0. The molecule has 0 bridgehead atoms. The van der Waals surface area contributed by atoms with E-state index in [0.717, 1.165) is 0 Å². The van der Waals surface area contributed by atoms with Crippen LogP contribution in [0.4, 0.5) is 27.6 Å². The molecule has 1 N–H and O–H groups in total. The molecule has 2 aromatic carbocycles. The van der Waals surface area contributed by atoms with Gasteiger partial charge in [0.1, 0.15) is 28.7 Å². The number of alkyl halides is 2. The van der Waals surface area contributed by atoms with Gasteiger partial charge in [0.15, 0.2) is 0 Å². The van der Waals surface area contributed by atoms with Gasteiger partial charge in [-0.1, -0.05) is 6.58 Å². The van der Waals surface area contributed by atoms with Gasteiger partial charge in [0.2, 0.25) is 0 Å². The van der Waals surface area contributed by atoms with E-state index in [9.17, 15) is 26.7 Å². The first-order chi connectivity index (χ1) is 13.6. The van der Waals surface area contributed by atoms with E-state index in [-0.39, 0.29) is 5.69 Å². The summed E-state index contributed by atoms with van der Waals surface area (Å²) in [5, 5.41) is 6.15. The molecule has 0 aliphatic rings. The summed E-state index contributed by atoms with van der Waals surface area (Å²) < 4.78 is 69.1. The Balaban J connectivity index is 1.83. The maximum Gasteiger partial charge on any atom is 0.309 e. The second kappa shape index (κ2) is 7.50. The van der Waals surface area contributed by atoms with Crippen molar-refractivity contribution in [2.24, 2.45) is 0 Å². The predicted octanol–water partition coefficient (Wildman–Crippen LogP) is 5.13. The van der Waals surface area contributed by atoms with Crippen molar-refractivity contribution in [3.05, 3.63) is 89.5 Å². The molecule has 29 heavy (non-hydrogen) atoms. The summed E-state index contributed by atoms with van der Waals surface area (Å²) in [7, 11) is 0. The number of amides is 1. The summed E-state index contributed by atoms with van der Waals surface area (Å²) in [6.45, 7) is 4.68. The Morgan fingerprint density at radius 2 is 1.69 bits per heavy atom. The standard InChI is InChI=1S/C20H14F5N3O/c1-3-20(24,25)17-8-11(2)28(27-17)14-6-4-13(5-7-14)26-19(29)18-15(22)9-12(21)10-16(18)23/h3-10H,1H2,2H3,(H,26,29). The number of hydrogen-bond acceptors (Lipinski definition) is 2. The highest BCUT2D eigenvalue weighted by molar-refractivity contribution is 6.04. The van der Waals surface area contributed by atoms with Crippen molar-refractivity contribution in [2.75, 3.05) is 5.32 Å². The van der Waals surface area contributed by atoms with Crippen LogP contribution < -0.4 is 5.32 Å². The monoisotopic (exact) mass is 407 g/mol. The van der Waals surface area contributed by atoms with Crippen molar-refractivity contribution < 1.29 is 26.7 Å². The molecule has 0 atom stereocenters. The summed E-state index contributed by atoms with van der Waals surface area (Å²) in [5.41, 5.74) is -0.345. The van der Waals surface area contributed by atoms with Crippen LogP contribution in [0.25, 0.3) is 5.69 Å². The Kier molecular flexibility index (Phi) is 5.23. The number of hydrogen-bond donors (Lipinski definition) is 1. The average molecular weight is 407 g/mol. The number of nitrogens with zero attached hydrogens (tertiary/aromatic N) is 2. The first-order valence-corrected chi connectivity index (χ1v) is 8.27. The number of carbonyl (C=O) groups excluding carboxylic acids is 1. The molecule has 3 rings (SSSR count). The van der Waals surface area contributed by atoms with Crippen molar-refractivity contribution in [3.63, 3.8) is 0 Å². The number of aryl methyl sites for hydroxylation is 1. The van der Waals surface area contributed by atoms with Crippen molar-refractivity contribution in [1.82, 2.24) is 9.78 Å². The number of aromatic nitrogens is 2. The molecule has 0 radical (unpaired) electrons. The van der Waals surface area contributed by atoms with Gasteiger partial charge in [-0.2, -0.15) is 13.9 Å². The summed E-state index contributed by atoms with van der Waals surface area (Å²) in [6, 6.07) is 7.78. The van der Waals surface area contributed by atoms with Crippen LogP contribution in [-0.4, -0.2) is 15.7 Å². The number of rotatable bonds is 5. The summed E-state index contributed by atoms with van der Waals surface area (Å²) in [6.07, 6.45) is 0.492. The number of allylic oxidation sites excluding steroid dienone is 1. The van der Waals surface area contributed by atoms with E-state index in [4.69, 9.17) is 0 Å². The summed E-state index contributed by atoms with van der Waals surface area (Å²) in [5.74, 6) is -8.19. The normalized spacial score (nSPS) is 11.4. The van der Waals surface area contributed by atoms with Gasteiger partial charge in [-0.15, -0.1) is 0 Å². The van der Waals surface area contributed by atoms with E-state index in [0.29, 0.717) is 29.6 Å². The first kappa shape index (κ1) is 20.2. The third-order valence-electron chi connectivity index (χ3n) is 4.09. The lowest BCUT2D eigenvalue weighted by Gasteiger charge is -2.10. The SMILES string of the molecule is C=CC(F)(F)c1cc(C)n(-c2ccc(NC(=O)c3c(F)cc(F)cc3F)cc2)n1. The Labute approximate surface area is 162 Å². The molecule has 0 spiro atoms. The Hall–Kier alpha value is -3.49. The van der Waals surface area contributed by atoms with Crippen LogP contribution in [-0.2, 0) is 5.92 Å². The molecule has 1 aromatic heterocycles. The van der Waals surface area contributed by atoms with Crippen LogP contribution in [0.2, 0.25) is 0 Å². The number of carbonyl (C=O) groups is 1. The minimum atomic E-state index is -3.28. The molecule has 1 amide bonds. The molecule has 9 heteroatoms. The molecule has 0 fully saturated rings. The van der Waals surface area contributed by atoms with E-state index < -0.39 is 40.5 Å². The quantitative estimate of drug-likeness (QED) is 0.471. The fraction of sp³-hybridized carbons (Fsp3) is 0.100. The Bertz CT molecular complexity index is 1070. The minimum Gasteiger partial charge on any atom is -0.322 e. The lowest BCUT2D eigenvalue weighted by molar-refractivity contribution is 0.0472. The van der Waals surface area contributed by atoms with E-state index in [1.54, 1.807) is 6.92 Å². The highest BCUT2D eigenvalue weighted by Crippen LogP contribution is 2.29. The van der Waals surface area contributed by atoms with Crippen molar-refractivity contribution in [2.45, 2.75) is 12.8 Å². The molecule has 0 saturated heterocycles. The third-order valence-corrected chi connectivity index (χ3v) is 4.09. The second-order valence-electron chi connectivity index (χ2n) is 6.16. The molecule has 0 aliphatic carbocycles. The molecular formula is C20H14F5N3O. The highest BCUT2D eigenvalue weighted by atomic mass is 19.3. The van der Waals surface area contributed by atoms with Gasteiger partial charge < -0.3 is 5.32 Å². The van der Waals surface area contributed by atoms with Gasteiger partial charge in [-0.25, -0.2) is 17.9 Å². The molecule has 4 nitrogen and oxygen atoms in total.